The van der Waals surface area contributed by atoms with Crippen LogP contribution in [0.15, 0.2) is 0 Å². The number of urea groups is 1. The Hall–Kier alpha value is -0.730. The van der Waals surface area contributed by atoms with E-state index in [9.17, 15) is 4.79 Å². The van der Waals surface area contributed by atoms with Crippen LogP contribution in [0.4, 0.5) is 4.79 Å². The molecular formula is C13H24N2O. The summed E-state index contributed by atoms with van der Waals surface area (Å²) in [6, 6.07) is 0.911. The molecule has 0 aromatic heterocycles. The molecule has 0 bridgehead atoms. The van der Waals surface area contributed by atoms with E-state index < -0.39 is 0 Å². The Morgan fingerprint density at radius 2 is 1.75 bits per heavy atom. The van der Waals surface area contributed by atoms with Crippen LogP contribution in [0.25, 0.3) is 0 Å². The zero-order chi connectivity index (χ0) is 11.5. The predicted molar refractivity (Wildman–Crippen MR) is 65.3 cm³/mol. The van der Waals surface area contributed by atoms with Crippen molar-refractivity contribution in [3.05, 3.63) is 0 Å². The zero-order valence-electron chi connectivity index (χ0n) is 10.5. The lowest BCUT2D eigenvalue weighted by Crippen LogP contribution is -2.48. The molecule has 2 fully saturated rings. The highest BCUT2D eigenvalue weighted by Gasteiger charge is 2.30. The molecule has 0 aliphatic heterocycles. The summed E-state index contributed by atoms with van der Waals surface area (Å²) in [5.41, 5.74) is 0. The Kier molecular flexibility index (Phi) is 3.72. The molecule has 0 saturated heterocycles. The molecule has 2 aliphatic carbocycles. The molecule has 0 heterocycles. The molecule has 2 unspecified atom stereocenters. The van der Waals surface area contributed by atoms with Gasteiger partial charge in [0.15, 0.2) is 0 Å². The van der Waals surface area contributed by atoms with Gasteiger partial charge in [-0.1, -0.05) is 26.7 Å². The third-order valence-electron chi connectivity index (χ3n) is 3.90. The van der Waals surface area contributed by atoms with Gasteiger partial charge < -0.3 is 10.6 Å². The molecule has 2 aliphatic rings. The highest BCUT2D eigenvalue weighted by atomic mass is 16.2. The van der Waals surface area contributed by atoms with E-state index >= 15 is 0 Å². The lowest BCUT2D eigenvalue weighted by molar-refractivity contribution is 0.194. The molecule has 2 N–H and O–H groups in total. The van der Waals surface area contributed by atoms with E-state index in [4.69, 9.17) is 0 Å². The number of hydrogen-bond acceptors (Lipinski definition) is 1. The molecule has 92 valence electrons. The summed E-state index contributed by atoms with van der Waals surface area (Å²) in [4.78, 5) is 11.7. The molecule has 0 aromatic carbocycles. The largest absolute Gasteiger partial charge is 0.335 e. The fourth-order valence-corrected chi connectivity index (χ4v) is 2.76. The summed E-state index contributed by atoms with van der Waals surface area (Å²) >= 11 is 0. The minimum absolute atomic E-state index is 0.0556. The van der Waals surface area contributed by atoms with Crippen molar-refractivity contribution in [1.29, 1.82) is 0 Å². The van der Waals surface area contributed by atoms with Crippen LogP contribution in [0.3, 0.4) is 0 Å². The Morgan fingerprint density at radius 1 is 1.06 bits per heavy atom. The van der Waals surface area contributed by atoms with Crippen molar-refractivity contribution in [2.24, 2.45) is 11.8 Å². The van der Waals surface area contributed by atoms with Crippen LogP contribution in [-0.2, 0) is 0 Å². The maximum Gasteiger partial charge on any atom is 0.315 e. The topological polar surface area (TPSA) is 41.1 Å². The van der Waals surface area contributed by atoms with Gasteiger partial charge in [0.1, 0.15) is 0 Å². The van der Waals surface area contributed by atoms with Gasteiger partial charge in [-0.2, -0.15) is 0 Å². The second kappa shape index (κ2) is 5.07. The number of amides is 2. The van der Waals surface area contributed by atoms with Gasteiger partial charge in [-0.25, -0.2) is 4.79 Å². The zero-order valence-corrected chi connectivity index (χ0v) is 10.5. The third kappa shape index (κ3) is 3.13. The first-order chi connectivity index (χ1) is 7.66. The molecule has 2 rings (SSSR count). The molecule has 0 aromatic rings. The quantitative estimate of drug-likeness (QED) is 0.760. The molecule has 0 spiro atoms. The lowest BCUT2D eigenvalue weighted by Gasteiger charge is -2.34. The van der Waals surface area contributed by atoms with Crippen molar-refractivity contribution < 1.29 is 4.79 Å². The van der Waals surface area contributed by atoms with Gasteiger partial charge in [0.2, 0.25) is 0 Å². The fraction of sp³-hybridized carbons (Fsp3) is 0.923. The Labute approximate surface area is 98.4 Å². The van der Waals surface area contributed by atoms with Crippen LogP contribution in [-0.4, -0.2) is 18.1 Å². The number of nitrogens with one attached hydrogen (secondary N) is 2. The Balaban J connectivity index is 1.82. The van der Waals surface area contributed by atoms with Gasteiger partial charge >= 0.3 is 6.03 Å². The summed E-state index contributed by atoms with van der Waals surface area (Å²) in [5.74, 6) is 1.34. The molecule has 3 heteroatoms. The van der Waals surface area contributed by atoms with Crippen molar-refractivity contribution >= 4 is 6.03 Å². The van der Waals surface area contributed by atoms with Crippen LogP contribution in [0.1, 0.15) is 52.4 Å². The summed E-state index contributed by atoms with van der Waals surface area (Å²) in [6.07, 6.45) is 7.33. The minimum Gasteiger partial charge on any atom is -0.335 e. The Bertz CT molecular complexity index is 248. The molecule has 16 heavy (non-hydrogen) atoms. The normalized spacial score (nSPS) is 30.2. The smallest absolute Gasteiger partial charge is 0.315 e. The highest BCUT2D eigenvalue weighted by molar-refractivity contribution is 5.74. The minimum atomic E-state index is 0.0556. The van der Waals surface area contributed by atoms with Crippen LogP contribution in [0.2, 0.25) is 0 Å². The van der Waals surface area contributed by atoms with E-state index in [0.717, 1.165) is 19.3 Å². The van der Waals surface area contributed by atoms with Crippen LogP contribution < -0.4 is 10.6 Å². The second-order valence-electron chi connectivity index (χ2n) is 5.69. The van der Waals surface area contributed by atoms with E-state index in [-0.39, 0.29) is 6.03 Å². The molecule has 3 nitrogen and oxygen atoms in total. The van der Waals surface area contributed by atoms with E-state index in [1.54, 1.807) is 0 Å². The Morgan fingerprint density at radius 3 is 2.38 bits per heavy atom. The average Bonchev–Trinajstić information content (AvgIpc) is 3.02. The van der Waals surface area contributed by atoms with Crippen molar-refractivity contribution in [2.45, 2.75) is 64.5 Å². The highest BCUT2D eigenvalue weighted by Crippen LogP contribution is 2.30. The van der Waals surface area contributed by atoms with Gasteiger partial charge in [-0.05, 0) is 37.5 Å². The number of carbonyl (C=O) groups is 1. The first-order valence-electron chi connectivity index (χ1n) is 6.74. The van der Waals surface area contributed by atoms with Crippen molar-refractivity contribution in [1.82, 2.24) is 10.6 Å². The van der Waals surface area contributed by atoms with Gasteiger partial charge in [0.05, 0.1) is 0 Å². The van der Waals surface area contributed by atoms with E-state index in [1.165, 1.54) is 19.3 Å². The maximum absolute atomic E-state index is 11.7. The number of carbonyl (C=O) groups excluding carboxylic acids is 1. The summed E-state index contributed by atoms with van der Waals surface area (Å²) in [5, 5.41) is 6.18. The molecule has 0 radical (unpaired) electrons. The summed E-state index contributed by atoms with van der Waals surface area (Å²) in [7, 11) is 0. The van der Waals surface area contributed by atoms with E-state index in [1.807, 2.05) is 0 Å². The van der Waals surface area contributed by atoms with Gasteiger partial charge in [0.25, 0.3) is 0 Å². The third-order valence-corrected chi connectivity index (χ3v) is 3.90. The summed E-state index contributed by atoms with van der Waals surface area (Å²) < 4.78 is 0. The van der Waals surface area contributed by atoms with Crippen molar-refractivity contribution in [2.75, 3.05) is 0 Å². The van der Waals surface area contributed by atoms with Crippen LogP contribution >= 0.6 is 0 Å². The van der Waals surface area contributed by atoms with Crippen molar-refractivity contribution in [3.63, 3.8) is 0 Å². The summed E-state index contributed by atoms with van der Waals surface area (Å²) in [6.45, 7) is 4.53. The van der Waals surface area contributed by atoms with Crippen LogP contribution in [0, 0.1) is 11.8 Å². The molecular weight excluding hydrogens is 200 g/mol. The SMILES string of the molecule is CC(C)C1CCCCC1NC(=O)NC1CC1. The maximum atomic E-state index is 11.7. The van der Waals surface area contributed by atoms with Crippen molar-refractivity contribution in [3.8, 4) is 0 Å². The monoisotopic (exact) mass is 224 g/mol. The lowest BCUT2D eigenvalue weighted by atomic mass is 9.78. The van der Waals surface area contributed by atoms with Gasteiger partial charge in [-0.15, -0.1) is 0 Å². The van der Waals surface area contributed by atoms with E-state index in [2.05, 4.69) is 24.5 Å². The molecule has 2 atom stereocenters. The number of rotatable bonds is 3. The standard InChI is InChI=1S/C13H24N2O/c1-9(2)11-5-3-4-6-12(11)15-13(16)14-10-7-8-10/h9-12H,3-8H2,1-2H3,(H2,14,15,16). The fourth-order valence-electron chi connectivity index (χ4n) is 2.76. The second-order valence-corrected chi connectivity index (χ2v) is 5.69. The predicted octanol–water partition coefficient (Wildman–Crippen LogP) is 2.66. The van der Waals surface area contributed by atoms with Gasteiger partial charge in [0, 0.05) is 12.1 Å². The first-order valence-corrected chi connectivity index (χ1v) is 6.74. The first kappa shape index (κ1) is 11.7. The van der Waals surface area contributed by atoms with Gasteiger partial charge in [-0.3, -0.25) is 0 Å². The van der Waals surface area contributed by atoms with E-state index in [0.29, 0.717) is 23.9 Å². The van der Waals surface area contributed by atoms with Crippen LogP contribution in [0.5, 0.6) is 0 Å². The molecule has 2 amide bonds. The average molecular weight is 224 g/mol. The molecule has 2 saturated carbocycles. The number of hydrogen-bond donors (Lipinski definition) is 2.